The summed E-state index contributed by atoms with van der Waals surface area (Å²) < 4.78 is 0.837. The SMILES string of the molecule is Cc1ccc(C)c(C(=O)CSc2nncs2)c1. The van der Waals surface area contributed by atoms with Gasteiger partial charge in [-0.3, -0.25) is 4.79 Å². The number of ketones is 1. The highest BCUT2D eigenvalue weighted by Gasteiger charge is 2.10. The molecule has 0 spiro atoms. The van der Waals surface area contributed by atoms with Crippen molar-refractivity contribution in [3.8, 4) is 0 Å². The van der Waals surface area contributed by atoms with Gasteiger partial charge in [0.05, 0.1) is 5.75 Å². The maximum Gasteiger partial charge on any atom is 0.174 e. The van der Waals surface area contributed by atoms with Crippen molar-refractivity contribution in [2.75, 3.05) is 5.75 Å². The predicted octanol–water partition coefficient (Wildman–Crippen LogP) is 3.13. The van der Waals surface area contributed by atoms with E-state index < -0.39 is 0 Å². The molecule has 1 heterocycles. The van der Waals surface area contributed by atoms with E-state index in [0.29, 0.717) is 5.75 Å². The molecular weight excluding hydrogens is 252 g/mol. The first-order chi connectivity index (χ1) is 8.16. The predicted molar refractivity (Wildman–Crippen MR) is 70.9 cm³/mol. The van der Waals surface area contributed by atoms with Crippen molar-refractivity contribution in [2.24, 2.45) is 0 Å². The van der Waals surface area contributed by atoms with Crippen molar-refractivity contribution < 1.29 is 4.79 Å². The highest BCUT2D eigenvalue weighted by molar-refractivity contribution is 8.01. The molecule has 2 rings (SSSR count). The first kappa shape index (κ1) is 12.3. The number of carbonyl (C=O) groups is 1. The van der Waals surface area contributed by atoms with Gasteiger partial charge in [-0.25, -0.2) is 0 Å². The van der Waals surface area contributed by atoms with Gasteiger partial charge in [0.2, 0.25) is 0 Å². The Kier molecular flexibility index (Phi) is 3.91. The Morgan fingerprint density at radius 2 is 2.24 bits per heavy atom. The molecule has 0 N–H and O–H groups in total. The van der Waals surface area contributed by atoms with Crippen molar-refractivity contribution >= 4 is 28.9 Å². The number of hydrogen-bond donors (Lipinski definition) is 0. The lowest BCUT2D eigenvalue weighted by atomic mass is 10.0. The Morgan fingerprint density at radius 3 is 2.94 bits per heavy atom. The second kappa shape index (κ2) is 5.42. The molecule has 0 unspecified atom stereocenters. The lowest BCUT2D eigenvalue weighted by molar-refractivity contribution is 0.102. The molecular formula is C12H12N2OS2. The van der Waals surface area contributed by atoms with Crippen LogP contribution in [-0.4, -0.2) is 21.7 Å². The minimum Gasteiger partial charge on any atom is -0.293 e. The van der Waals surface area contributed by atoms with Crippen molar-refractivity contribution in [1.82, 2.24) is 10.2 Å². The molecule has 5 heteroatoms. The van der Waals surface area contributed by atoms with Crippen LogP contribution in [0.4, 0.5) is 0 Å². The standard InChI is InChI=1S/C12H12N2OS2/c1-8-3-4-9(2)10(5-8)11(15)6-16-12-14-13-7-17-12/h3-5,7H,6H2,1-2H3. The fourth-order valence-electron chi connectivity index (χ4n) is 1.47. The summed E-state index contributed by atoms with van der Waals surface area (Å²) in [5, 5.41) is 7.64. The third-order valence-corrected chi connectivity index (χ3v) is 4.22. The molecule has 0 amide bonds. The van der Waals surface area contributed by atoms with E-state index in [2.05, 4.69) is 10.2 Å². The minimum absolute atomic E-state index is 0.145. The minimum atomic E-state index is 0.145. The third kappa shape index (κ3) is 3.14. The van der Waals surface area contributed by atoms with Crippen LogP contribution in [0.3, 0.4) is 0 Å². The molecule has 1 aromatic heterocycles. The summed E-state index contributed by atoms with van der Waals surface area (Å²) in [6, 6.07) is 5.94. The summed E-state index contributed by atoms with van der Waals surface area (Å²) in [6.07, 6.45) is 0. The smallest absolute Gasteiger partial charge is 0.174 e. The van der Waals surface area contributed by atoms with Gasteiger partial charge in [0.25, 0.3) is 0 Å². The van der Waals surface area contributed by atoms with E-state index in [9.17, 15) is 4.79 Å². The number of carbonyl (C=O) groups excluding carboxylic acids is 1. The van der Waals surface area contributed by atoms with Crippen LogP contribution in [0.5, 0.6) is 0 Å². The van der Waals surface area contributed by atoms with E-state index in [0.717, 1.165) is 21.0 Å². The Bertz CT molecular complexity index is 523. The Balaban J connectivity index is 2.07. The van der Waals surface area contributed by atoms with Crippen LogP contribution in [0.15, 0.2) is 28.0 Å². The molecule has 0 fully saturated rings. The number of thioether (sulfide) groups is 1. The normalized spacial score (nSPS) is 10.5. The zero-order valence-electron chi connectivity index (χ0n) is 9.64. The Morgan fingerprint density at radius 1 is 1.41 bits per heavy atom. The fourth-order valence-corrected chi connectivity index (χ4v) is 2.84. The van der Waals surface area contributed by atoms with E-state index in [1.165, 1.54) is 23.1 Å². The van der Waals surface area contributed by atoms with Crippen LogP contribution in [-0.2, 0) is 0 Å². The second-order valence-electron chi connectivity index (χ2n) is 3.73. The summed E-state index contributed by atoms with van der Waals surface area (Å²) >= 11 is 2.90. The summed E-state index contributed by atoms with van der Waals surface area (Å²) in [6.45, 7) is 3.95. The van der Waals surface area contributed by atoms with Crippen molar-refractivity contribution in [3.63, 3.8) is 0 Å². The molecule has 3 nitrogen and oxygen atoms in total. The van der Waals surface area contributed by atoms with Gasteiger partial charge in [-0.2, -0.15) is 0 Å². The van der Waals surface area contributed by atoms with Crippen LogP contribution in [0, 0.1) is 13.8 Å². The van der Waals surface area contributed by atoms with Crippen LogP contribution < -0.4 is 0 Å². The quantitative estimate of drug-likeness (QED) is 0.628. The van der Waals surface area contributed by atoms with Gasteiger partial charge in [-0.05, 0) is 25.5 Å². The topological polar surface area (TPSA) is 42.9 Å². The maximum atomic E-state index is 12.0. The van der Waals surface area contributed by atoms with Gasteiger partial charge in [-0.1, -0.05) is 40.8 Å². The second-order valence-corrected chi connectivity index (χ2v) is 5.79. The van der Waals surface area contributed by atoms with Crippen molar-refractivity contribution in [3.05, 3.63) is 40.4 Å². The molecule has 0 bridgehead atoms. The Hall–Kier alpha value is -1.20. The molecule has 0 aliphatic rings. The van der Waals surface area contributed by atoms with Gasteiger partial charge in [0.15, 0.2) is 10.1 Å². The average molecular weight is 264 g/mol. The molecule has 0 aliphatic heterocycles. The lowest BCUT2D eigenvalue weighted by Crippen LogP contribution is -2.05. The van der Waals surface area contributed by atoms with E-state index in [-0.39, 0.29) is 5.78 Å². The van der Waals surface area contributed by atoms with Gasteiger partial charge in [0.1, 0.15) is 5.51 Å². The number of aryl methyl sites for hydroxylation is 2. The van der Waals surface area contributed by atoms with Crippen molar-refractivity contribution in [1.29, 1.82) is 0 Å². The third-order valence-electron chi connectivity index (χ3n) is 2.36. The van der Waals surface area contributed by atoms with Gasteiger partial charge >= 0.3 is 0 Å². The number of Topliss-reactive ketones (excluding diaryl/α,β-unsaturated/α-hetero) is 1. The maximum absolute atomic E-state index is 12.0. The Labute approximate surface area is 108 Å². The van der Waals surface area contributed by atoms with Crippen molar-refractivity contribution in [2.45, 2.75) is 18.2 Å². The van der Waals surface area contributed by atoms with Gasteiger partial charge in [-0.15, -0.1) is 10.2 Å². The zero-order valence-corrected chi connectivity index (χ0v) is 11.3. The molecule has 17 heavy (non-hydrogen) atoms. The van der Waals surface area contributed by atoms with E-state index in [1.54, 1.807) is 5.51 Å². The summed E-state index contributed by atoms with van der Waals surface area (Å²) in [5.74, 6) is 0.561. The van der Waals surface area contributed by atoms with Crippen LogP contribution in [0.1, 0.15) is 21.5 Å². The van der Waals surface area contributed by atoms with E-state index in [4.69, 9.17) is 0 Å². The number of benzene rings is 1. The van der Waals surface area contributed by atoms with Crippen LogP contribution in [0.25, 0.3) is 0 Å². The van der Waals surface area contributed by atoms with Crippen LogP contribution in [0.2, 0.25) is 0 Å². The largest absolute Gasteiger partial charge is 0.293 e. The fraction of sp³-hybridized carbons (Fsp3) is 0.250. The van der Waals surface area contributed by atoms with Gasteiger partial charge in [0, 0.05) is 5.56 Å². The molecule has 88 valence electrons. The van der Waals surface area contributed by atoms with Gasteiger partial charge < -0.3 is 0 Å². The first-order valence-corrected chi connectivity index (χ1v) is 7.03. The number of rotatable bonds is 4. The molecule has 0 atom stereocenters. The summed E-state index contributed by atoms with van der Waals surface area (Å²) in [7, 11) is 0. The molecule has 0 saturated carbocycles. The van der Waals surface area contributed by atoms with E-state index >= 15 is 0 Å². The highest BCUT2D eigenvalue weighted by Crippen LogP contribution is 2.21. The van der Waals surface area contributed by atoms with Crippen LogP contribution >= 0.6 is 23.1 Å². The number of nitrogens with zero attached hydrogens (tertiary/aromatic N) is 2. The first-order valence-electron chi connectivity index (χ1n) is 5.16. The number of aromatic nitrogens is 2. The van der Waals surface area contributed by atoms with E-state index in [1.807, 2.05) is 32.0 Å². The molecule has 0 saturated heterocycles. The molecule has 0 aliphatic carbocycles. The molecule has 1 aromatic carbocycles. The molecule has 0 radical (unpaired) electrons. The zero-order chi connectivity index (χ0) is 12.3. The highest BCUT2D eigenvalue weighted by atomic mass is 32.2. The lowest BCUT2D eigenvalue weighted by Gasteiger charge is -2.05. The monoisotopic (exact) mass is 264 g/mol. The average Bonchev–Trinajstić information content (AvgIpc) is 2.82. The summed E-state index contributed by atoms with van der Waals surface area (Å²) in [5.41, 5.74) is 4.62. The number of hydrogen-bond acceptors (Lipinski definition) is 5. The summed E-state index contributed by atoms with van der Waals surface area (Å²) in [4.78, 5) is 12.0. The molecule has 2 aromatic rings.